The quantitative estimate of drug-likeness (QED) is 0.482. The fourth-order valence-electron chi connectivity index (χ4n) is 1.69. The summed E-state index contributed by atoms with van der Waals surface area (Å²) in [6.45, 7) is 0. The van der Waals surface area contributed by atoms with E-state index in [9.17, 15) is 4.79 Å². The van der Waals surface area contributed by atoms with Gasteiger partial charge in [0.25, 0.3) is 0 Å². The molecule has 0 saturated heterocycles. The molecule has 3 nitrogen and oxygen atoms in total. The molecule has 1 heterocycles. The van der Waals surface area contributed by atoms with Gasteiger partial charge in [0.05, 0.1) is 11.9 Å². The number of rotatable bonds is 1. The lowest BCUT2D eigenvalue weighted by atomic mass is 9.96. The van der Waals surface area contributed by atoms with E-state index >= 15 is 0 Å². The van der Waals surface area contributed by atoms with Gasteiger partial charge in [-0.05, 0) is 37.3 Å². The van der Waals surface area contributed by atoms with Crippen LogP contribution in [0.5, 0.6) is 0 Å². The number of nitrogens with zero attached hydrogens (tertiary/aromatic N) is 2. The summed E-state index contributed by atoms with van der Waals surface area (Å²) in [6, 6.07) is 1.94. The van der Waals surface area contributed by atoms with Crippen molar-refractivity contribution in [3.8, 4) is 0 Å². The van der Waals surface area contributed by atoms with Crippen LogP contribution in [0.25, 0.3) is 0 Å². The maximum Gasteiger partial charge on any atom is 0.240 e. The second kappa shape index (κ2) is 3.50. The first-order chi connectivity index (χ1) is 6.40. The SMILES string of the molecule is O=C=Nc1cnc2c(c1)CCCC2. The second-order valence-corrected chi connectivity index (χ2v) is 3.21. The number of aryl methyl sites for hydroxylation is 2. The number of carbonyl (C=O) groups excluding carboxylic acids is 1. The summed E-state index contributed by atoms with van der Waals surface area (Å²) in [5, 5.41) is 0. The number of aliphatic imine (C=N–C) groups is 1. The predicted molar refractivity (Wildman–Crippen MR) is 48.7 cm³/mol. The molecule has 0 atom stereocenters. The smallest absolute Gasteiger partial charge is 0.240 e. The van der Waals surface area contributed by atoms with E-state index in [-0.39, 0.29) is 0 Å². The van der Waals surface area contributed by atoms with Crippen LogP contribution in [0.2, 0.25) is 0 Å². The van der Waals surface area contributed by atoms with Crippen LogP contribution in [0.3, 0.4) is 0 Å². The number of aromatic nitrogens is 1. The monoisotopic (exact) mass is 174 g/mol. The first kappa shape index (κ1) is 8.14. The summed E-state index contributed by atoms with van der Waals surface area (Å²) in [5.41, 5.74) is 3.02. The molecule has 0 radical (unpaired) electrons. The first-order valence-electron chi connectivity index (χ1n) is 4.46. The molecule has 1 aromatic rings. The minimum Gasteiger partial charge on any atom is -0.259 e. The van der Waals surface area contributed by atoms with Crippen molar-refractivity contribution in [2.45, 2.75) is 25.7 Å². The third-order valence-electron chi connectivity index (χ3n) is 2.33. The summed E-state index contributed by atoms with van der Waals surface area (Å²) in [7, 11) is 0. The number of pyridine rings is 1. The Morgan fingerprint density at radius 1 is 1.38 bits per heavy atom. The summed E-state index contributed by atoms with van der Waals surface area (Å²) >= 11 is 0. The fraction of sp³-hybridized carbons (Fsp3) is 0.400. The van der Waals surface area contributed by atoms with Crippen molar-refractivity contribution in [1.29, 1.82) is 0 Å². The van der Waals surface area contributed by atoms with Crippen molar-refractivity contribution in [1.82, 2.24) is 4.98 Å². The van der Waals surface area contributed by atoms with Gasteiger partial charge in [0, 0.05) is 5.69 Å². The lowest BCUT2D eigenvalue weighted by Gasteiger charge is -2.13. The third-order valence-corrected chi connectivity index (χ3v) is 2.33. The minimum atomic E-state index is 0.621. The maximum absolute atomic E-state index is 10.0. The largest absolute Gasteiger partial charge is 0.259 e. The van der Waals surface area contributed by atoms with E-state index in [0.717, 1.165) is 18.5 Å². The highest BCUT2D eigenvalue weighted by molar-refractivity contribution is 5.49. The Kier molecular flexibility index (Phi) is 2.19. The highest BCUT2D eigenvalue weighted by Gasteiger charge is 2.10. The van der Waals surface area contributed by atoms with Crippen molar-refractivity contribution >= 4 is 11.8 Å². The standard InChI is InChI=1S/C10H10N2O/c13-7-12-9-5-8-3-1-2-4-10(8)11-6-9/h5-6H,1-4H2. The molecule has 0 aliphatic heterocycles. The van der Waals surface area contributed by atoms with Gasteiger partial charge in [-0.2, -0.15) is 4.99 Å². The number of fused-ring (bicyclic) bond motifs is 1. The average Bonchev–Trinajstić information content (AvgIpc) is 2.18. The molecule has 66 valence electrons. The van der Waals surface area contributed by atoms with Crippen LogP contribution in [0.1, 0.15) is 24.1 Å². The van der Waals surface area contributed by atoms with Crippen LogP contribution in [-0.4, -0.2) is 11.1 Å². The van der Waals surface area contributed by atoms with E-state index in [1.165, 1.54) is 24.5 Å². The molecule has 0 fully saturated rings. The molecule has 0 amide bonds. The molecule has 13 heavy (non-hydrogen) atoms. The van der Waals surface area contributed by atoms with E-state index in [0.29, 0.717) is 5.69 Å². The Morgan fingerprint density at radius 2 is 2.23 bits per heavy atom. The van der Waals surface area contributed by atoms with Crippen LogP contribution in [0.4, 0.5) is 5.69 Å². The Balaban J connectivity index is 2.40. The number of hydrogen-bond donors (Lipinski definition) is 0. The minimum absolute atomic E-state index is 0.621. The first-order valence-corrected chi connectivity index (χ1v) is 4.46. The van der Waals surface area contributed by atoms with Gasteiger partial charge < -0.3 is 0 Å². The highest BCUT2D eigenvalue weighted by Crippen LogP contribution is 2.22. The summed E-state index contributed by atoms with van der Waals surface area (Å²) < 4.78 is 0. The highest BCUT2D eigenvalue weighted by atomic mass is 16.1. The summed E-state index contributed by atoms with van der Waals surface area (Å²) in [4.78, 5) is 17.8. The maximum atomic E-state index is 10.0. The van der Waals surface area contributed by atoms with Crippen molar-refractivity contribution < 1.29 is 4.79 Å². The van der Waals surface area contributed by atoms with Crippen LogP contribution < -0.4 is 0 Å². The fourth-order valence-corrected chi connectivity index (χ4v) is 1.69. The van der Waals surface area contributed by atoms with E-state index in [4.69, 9.17) is 0 Å². The van der Waals surface area contributed by atoms with Gasteiger partial charge in [0.15, 0.2) is 0 Å². The van der Waals surface area contributed by atoms with Crippen molar-refractivity contribution in [2.75, 3.05) is 0 Å². The normalized spacial score (nSPS) is 14.5. The Morgan fingerprint density at radius 3 is 3.08 bits per heavy atom. The molecule has 0 bridgehead atoms. The molecule has 1 aliphatic carbocycles. The van der Waals surface area contributed by atoms with E-state index in [1.54, 1.807) is 6.20 Å². The molecular weight excluding hydrogens is 164 g/mol. The average molecular weight is 174 g/mol. The summed E-state index contributed by atoms with van der Waals surface area (Å²) in [6.07, 6.45) is 7.71. The Labute approximate surface area is 76.5 Å². The molecular formula is C10H10N2O. The summed E-state index contributed by atoms with van der Waals surface area (Å²) in [5.74, 6) is 0. The molecule has 3 heteroatoms. The molecule has 0 unspecified atom stereocenters. The van der Waals surface area contributed by atoms with Crippen molar-refractivity contribution in [3.63, 3.8) is 0 Å². The van der Waals surface area contributed by atoms with Gasteiger partial charge in [0.2, 0.25) is 6.08 Å². The molecule has 0 saturated carbocycles. The van der Waals surface area contributed by atoms with Gasteiger partial charge in [0.1, 0.15) is 0 Å². The molecule has 1 aromatic heterocycles. The van der Waals surface area contributed by atoms with Crippen LogP contribution in [0.15, 0.2) is 17.3 Å². The van der Waals surface area contributed by atoms with Gasteiger partial charge in [-0.15, -0.1) is 0 Å². The number of hydrogen-bond acceptors (Lipinski definition) is 3. The zero-order valence-corrected chi connectivity index (χ0v) is 7.29. The molecule has 0 aromatic carbocycles. The van der Waals surface area contributed by atoms with Crippen molar-refractivity contribution in [2.24, 2.45) is 4.99 Å². The Bertz CT molecular complexity index is 367. The van der Waals surface area contributed by atoms with Gasteiger partial charge >= 0.3 is 0 Å². The lowest BCUT2D eigenvalue weighted by molar-refractivity contribution is 0.565. The van der Waals surface area contributed by atoms with Crippen LogP contribution >= 0.6 is 0 Å². The Hall–Kier alpha value is -1.47. The zero-order valence-electron chi connectivity index (χ0n) is 7.29. The predicted octanol–water partition coefficient (Wildman–Crippen LogP) is 1.93. The van der Waals surface area contributed by atoms with Gasteiger partial charge in [-0.1, -0.05) is 0 Å². The third kappa shape index (κ3) is 1.65. The van der Waals surface area contributed by atoms with Crippen LogP contribution in [-0.2, 0) is 17.6 Å². The number of isocyanates is 1. The van der Waals surface area contributed by atoms with Crippen LogP contribution in [0, 0.1) is 0 Å². The van der Waals surface area contributed by atoms with Gasteiger partial charge in [-0.25, -0.2) is 4.79 Å². The van der Waals surface area contributed by atoms with Gasteiger partial charge in [-0.3, -0.25) is 4.98 Å². The molecule has 0 N–H and O–H groups in total. The van der Waals surface area contributed by atoms with E-state index in [2.05, 4.69) is 9.98 Å². The van der Waals surface area contributed by atoms with Crippen molar-refractivity contribution in [3.05, 3.63) is 23.5 Å². The van der Waals surface area contributed by atoms with E-state index < -0.39 is 0 Å². The van der Waals surface area contributed by atoms with E-state index in [1.807, 2.05) is 6.07 Å². The zero-order chi connectivity index (χ0) is 9.10. The molecule has 2 rings (SSSR count). The second-order valence-electron chi connectivity index (χ2n) is 3.21. The molecule has 0 spiro atoms. The topological polar surface area (TPSA) is 42.3 Å². The molecule has 1 aliphatic rings. The lowest BCUT2D eigenvalue weighted by Crippen LogP contribution is -2.04.